The minimum absolute atomic E-state index is 0.208. The Morgan fingerprint density at radius 1 is 1.17 bits per heavy atom. The van der Waals surface area contributed by atoms with Crippen LogP contribution < -0.4 is 0 Å². The molecule has 0 spiro atoms. The van der Waals surface area contributed by atoms with Gasteiger partial charge < -0.3 is 9.47 Å². The average Bonchev–Trinajstić information content (AvgIpc) is 3.21. The lowest BCUT2D eigenvalue weighted by molar-refractivity contribution is -0.125. The Morgan fingerprint density at radius 2 is 1.87 bits per heavy atom. The molecule has 122 valence electrons. The van der Waals surface area contributed by atoms with Crippen LogP contribution in [0.1, 0.15) is 12.8 Å². The smallest absolute Gasteiger partial charge is 0.226 e. The van der Waals surface area contributed by atoms with Crippen LogP contribution in [0.5, 0.6) is 0 Å². The number of likely N-dealkylation sites (tertiary alicyclic amines) is 1. The zero-order valence-electron chi connectivity index (χ0n) is 12.9. The molecule has 0 N–H and O–H groups in total. The topological polar surface area (TPSA) is 25.2 Å². The summed E-state index contributed by atoms with van der Waals surface area (Å²) in [4.78, 5) is 12.3. The van der Waals surface area contributed by atoms with Gasteiger partial charge >= 0.3 is 0 Å². The van der Waals surface area contributed by atoms with E-state index >= 15 is 0 Å². The second-order valence-corrected chi connectivity index (χ2v) is 4.84. The average molecular weight is 335 g/mol. The predicted molar refractivity (Wildman–Crippen MR) is 95.6 cm³/mol. The molecule has 0 radical (unpaired) electrons. The minimum Gasteiger partial charge on any atom is -0.324 e. The van der Waals surface area contributed by atoms with E-state index in [0.717, 1.165) is 18.5 Å². The number of carbonyl (C=O) groups excluding carboxylic acids is 1. The van der Waals surface area contributed by atoms with E-state index < -0.39 is 0 Å². The molecule has 0 saturated carbocycles. The summed E-state index contributed by atoms with van der Waals surface area (Å²) in [7, 11) is 0. The van der Waals surface area contributed by atoms with Crippen LogP contribution in [0.25, 0.3) is 17.1 Å². The quantitative estimate of drug-likeness (QED) is 0.744. The van der Waals surface area contributed by atoms with Crippen molar-refractivity contribution in [2.45, 2.75) is 12.8 Å². The van der Waals surface area contributed by atoms with Gasteiger partial charge in [0.1, 0.15) is 0 Å². The molecule has 5 heteroatoms. The Labute approximate surface area is 141 Å². The lowest BCUT2D eigenvalue weighted by Gasteiger charge is -2.05. The van der Waals surface area contributed by atoms with Gasteiger partial charge in [-0.25, -0.2) is 4.39 Å². The predicted octanol–water partition coefficient (Wildman–Crippen LogP) is 5.16. The third-order valence-corrected chi connectivity index (χ3v) is 3.30. The normalized spacial score (nSPS) is 13.3. The second-order valence-electron chi connectivity index (χ2n) is 4.59. The molecule has 1 aromatic carbocycles. The molecule has 3 rings (SSSR count). The number of aromatic nitrogens is 1. The van der Waals surface area contributed by atoms with E-state index in [-0.39, 0.29) is 12.2 Å². The number of nitrogens with zero attached hydrogens (tertiary/aromatic N) is 2. The Hall–Kier alpha value is -2.33. The molecule has 0 bridgehead atoms. The molecular formula is C18H20ClFN2O. The molecule has 3 nitrogen and oxygen atoms in total. The molecule has 1 saturated heterocycles. The number of carbonyl (C=O) groups is 1. The highest BCUT2D eigenvalue weighted by molar-refractivity contribution is 6.25. The van der Waals surface area contributed by atoms with Gasteiger partial charge in [-0.2, -0.15) is 0 Å². The summed E-state index contributed by atoms with van der Waals surface area (Å²) in [6.45, 7) is 8.08. The van der Waals surface area contributed by atoms with Gasteiger partial charge in [-0.1, -0.05) is 43.0 Å². The summed E-state index contributed by atoms with van der Waals surface area (Å²) < 4.78 is 12.4. The summed E-state index contributed by atoms with van der Waals surface area (Å²) in [6.07, 6.45) is 7.37. The molecule has 0 aliphatic carbocycles. The standard InChI is InChI=1S/C10H9N.C6H9NO.C2H2ClF/c1-2-11-8-7-9-5-3-4-6-10(9)11;1-2-7-5-3-4-6(7)8;3-1-2-4/h2-8H,1H2;2H,1,3-5H2;1-2H. The van der Waals surface area contributed by atoms with Crippen molar-refractivity contribution in [3.05, 3.63) is 67.8 Å². The van der Waals surface area contributed by atoms with Crippen LogP contribution in [0, 0.1) is 0 Å². The summed E-state index contributed by atoms with van der Waals surface area (Å²) in [5.74, 6) is 0.208. The van der Waals surface area contributed by atoms with E-state index in [0.29, 0.717) is 6.42 Å². The van der Waals surface area contributed by atoms with Crippen molar-refractivity contribution in [1.29, 1.82) is 0 Å². The molecule has 1 aliphatic rings. The highest BCUT2D eigenvalue weighted by Crippen LogP contribution is 2.14. The number of para-hydroxylation sites is 1. The van der Waals surface area contributed by atoms with Crippen molar-refractivity contribution < 1.29 is 9.18 Å². The van der Waals surface area contributed by atoms with E-state index in [2.05, 4.69) is 43.0 Å². The number of benzene rings is 1. The molecule has 23 heavy (non-hydrogen) atoms. The highest BCUT2D eigenvalue weighted by atomic mass is 35.5. The van der Waals surface area contributed by atoms with Crippen LogP contribution in [0.2, 0.25) is 0 Å². The fourth-order valence-electron chi connectivity index (χ4n) is 2.13. The number of rotatable bonds is 2. The van der Waals surface area contributed by atoms with Crippen molar-refractivity contribution in [3.8, 4) is 0 Å². The molecule has 2 aromatic rings. The summed E-state index contributed by atoms with van der Waals surface area (Å²) in [5.41, 5.74) is 2.02. The van der Waals surface area contributed by atoms with Gasteiger partial charge in [0.05, 0.1) is 11.8 Å². The fraction of sp³-hybridized carbons (Fsp3) is 0.167. The minimum atomic E-state index is 0.208. The van der Waals surface area contributed by atoms with E-state index in [1.54, 1.807) is 11.1 Å². The first-order chi connectivity index (χ1) is 11.2. The van der Waals surface area contributed by atoms with Gasteiger partial charge in [0, 0.05) is 30.9 Å². The van der Waals surface area contributed by atoms with Gasteiger partial charge in [0.2, 0.25) is 5.91 Å². The van der Waals surface area contributed by atoms with Gasteiger partial charge in [-0.3, -0.25) is 4.79 Å². The summed E-state index contributed by atoms with van der Waals surface area (Å²) in [6, 6.07) is 10.3. The Bertz CT molecular complexity index is 674. The highest BCUT2D eigenvalue weighted by Gasteiger charge is 2.15. The number of hydrogen-bond donors (Lipinski definition) is 0. The zero-order chi connectivity index (χ0) is 17.1. The fourth-order valence-corrected chi connectivity index (χ4v) is 2.13. The first-order valence-corrected chi connectivity index (χ1v) is 7.57. The molecule has 1 amide bonds. The van der Waals surface area contributed by atoms with Gasteiger partial charge in [-0.15, -0.1) is 0 Å². The van der Waals surface area contributed by atoms with Crippen LogP contribution >= 0.6 is 11.6 Å². The maximum Gasteiger partial charge on any atom is 0.226 e. The van der Waals surface area contributed by atoms with Crippen LogP contribution in [0.3, 0.4) is 0 Å². The largest absolute Gasteiger partial charge is 0.324 e. The molecule has 1 fully saturated rings. The van der Waals surface area contributed by atoms with Gasteiger partial charge in [0.25, 0.3) is 0 Å². The third kappa shape index (κ3) is 5.75. The molecule has 0 atom stereocenters. The Morgan fingerprint density at radius 3 is 2.35 bits per heavy atom. The maximum absolute atomic E-state index is 10.7. The lowest BCUT2D eigenvalue weighted by atomic mass is 10.2. The summed E-state index contributed by atoms with van der Waals surface area (Å²) in [5, 5.41) is 1.26. The molecule has 0 unspecified atom stereocenters. The number of hydrogen-bond acceptors (Lipinski definition) is 1. The van der Waals surface area contributed by atoms with Crippen LogP contribution in [-0.4, -0.2) is 21.9 Å². The molecule has 2 heterocycles. The van der Waals surface area contributed by atoms with E-state index in [4.69, 9.17) is 0 Å². The van der Waals surface area contributed by atoms with Crippen molar-refractivity contribution in [1.82, 2.24) is 9.47 Å². The first kappa shape index (κ1) is 18.7. The van der Waals surface area contributed by atoms with Crippen molar-refractivity contribution in [2.24, 2.45) is 0 Å². The zero-order valence-corrected chi connectivity index (χ0v) is 13.6. The maximum atomic E-state index is 10.7. The van der Waals surface area contributed by atoms with Crippen LogP contribution in [-0.2, 0) is 4.79 Å². The van der Waals surface area contributed by atoms with Crippen LogP contribution in [0.4, 0.5) is 4.39 Å². The number of halogens is 2. The van der Waals surface area contributed by atoms with Crippen molar-refractivity contribution in [3.63, 3.8) is 0 Å². The lowest BCUT2D eigenvalue weighted by Crippen LogP contribution is -2.16. The number of fused-ring (bicyclic) bond motifs is 1. The van der Waals surface area contributed by atoms with Crippen molar-refractivity contribution >= 4 is 34.6 Å². The third-order valence-electron chi connectivity index (χ3n) is 3.20. The SMILES string of the molecule is C=CN1CCCC1=O.C=Cn1ccc2ccccc21.FC=CCl. The molecule has 1 aliphatic heterocycles. The van der Waals surface area contributed by atoms with Gasteiger partial charge in [-0.05, 0) is 30.1 Å². The Balaban J connectivity index is 0.000000194. The van der Waals surface area contributed by atoms with E-state index in [1.165, 1.54) is 10.9 Å². The molecular weight excluding hydrogens is 315 g/mol. The van der Waals surface area contributed by atoms with Crippen LogP contribution in [0.15, 0.2) is 67.8 Å². The Kier molecular flexibility index (Phi) is 8.47. The van der Waals surface area contributed by atoms with Crippen molar-refractivity contribution in [2.75, 3.05) is 6.54 Å². The number of amides is 1. The first-order valence-electron chi connectivity index (χ1n) is 7.13. The monoisotopic (exact) mass is 334 g/mol. The van der Waals surface area contributed by atoms with Gasteiger partial charge in [0.15, 0.2) is 0 Å². The molecule has 1 aromatic heterocycles. The van der Waals surface area contributed by atoms with E-state index in [1.807, 2.05) is 29.1 Å². The summed E-state index contributed by atoms with van der Waals surface area (Å²) >= 11 is 4.63. The second kappa shape index (κ2) is 10.4. The van der Waals surface area contributed by atoms with E-state index in [9.17, 15) is 9.18 Å².